The fourth-order valence-electron chi connectivity index (χ4n) is 23.5. The molecule has 0 radical (unpaired) electrons. The first-order valence-electron chi connectivity index (χ1n) is 22.9. The molecule has 28 aromatic carbocycles. The van der Waals surface area contributed by atoms with Crippen LogP contribution >= 0.6 is 11.8 Å². The van der Waals surface area contributed by atoms with Crippen LogP contribution in [0.4, 0.5) is 0 Å². The van der Waals surface area contributed by atoms with E-state index >= 15 is 0 Å². The van der Waals surface area contributed by atoms with Crippen molar-refractivity contribution in [3.05, 3.63) is 22.3 Å². The highest BCUT2D eigenvalue weighted by atomic mass is 32.2. The average molecular weight is 753 g/mol. The molecule has 0 bridgehead atoms. The minimum absolute atomic E-state index is 0.0294. The maximum Gasteiger partial charge on any atom is 0.0925 e. The lowest BCUT2D eigenvalue weighted by Gasteiger charge is -2.30. The Balaban J connectivity index is 1.32. The van der Waals surface area contributed by atoms with E-state index in [1.165, 1.54) is 0 Å². The van der Waals surface area contributed by atoms with Gasteiger partial charge in [0, 0.05) is 0 Å². The molecule has 0 saturated carbocycles. The molecule has 2 spiro atoms. The normalized spacial score (nSPS) is 23.8. The van der Waals surface area contributed by atoms with Crippen LogP contribution in [0, 0.1) is 0 Å². The van der Waals surface area contributed by atoms with Crippen LogP contribution in [0.5, 0.6) is 0 Å². The summed E-state index contributed by atoms with van der Waals surface area (Å²) >= 11 is 2.46. The van der Waals surface area contributed by atoms with Gasteiger partial charge in [-0.1, -0.05) is 0 Å². The third kappa shape index (κ3) is 0.997. The molecule has 1 saturated heterocycles. The van der Waals surface area contributed by atoms with Crippen molar-refractivity contribution >= 4 is 303 Å². The molecular weight excluding hydrogens is 753 g/mol. The van der Waals surface area contributed by atoms with E-state index in [0.717, 1.165) is 0 Å². The Kier molecular flexibility index (Phi) is 1.50. The van der Waals surface area contributed by atoms with E-state index < -0.39 is 0 Å². The van der Waals surface area contributed by atoms with Crippen LogP contribution in [0.25, 0.3) is 291 Å². The molecule has 33 rings (SSSR count). The summed E-state index contributed by atoms with van der Waals surface area (Å²) in [5.41, 5.74) is 7.19. The molecule has 5 aliphatic rings. The molecule has 0 aromatic heterocycles. The zero-order valence-corrected chi connectivity index (χ0v) is 31.2. The Labute approximate surface area is 332 Å². The van der Waals surface area contributed by atoms with Gasteiger partial charge in [-0.3, -0.25) is 0 Å². The maximum atomic E-state index is 2.46. The molecule has 0 atom stereocenters. The van der Waals surface area contributed by atoms with Crippen LogP contribution in [0.3, 0.4) is 0 Å². The summed E-state index contributed by atoms with van der Waals surface area (Å²) in [5.74, 6) is 0. The van der Waals surface area contributed by atoms with Gasteiger partial charge in [-0.05, 0) is 313 Å². The van der Waals surface area contributed by atoms with Gasteiger partial charge in [0.25, 0.3) is 0 Å². The highest BCUT2D eigenvalue weighted by Gasteiger charge is 2.81. The van der Waals surface area contributed by atoms with Crippen molar-refractivity contribution in [2.24, 2.45) is 0 Å². The predicted octanol–water partition coefficient (Wildman–Crippen LogP) is 17.0. The van der Waals surface area contributed by atoms with Crippen LogP contribution in [0.15, 0.2) is 0 Å². The highest BCUT2D eigenvalue weighted by molar-refractivity contribution is 8.09. The lowest BCUT2D eigenvalue weighted by atomic mass is 9.68. The first-order valence-corrected chi connectivity index (χ1v) is 23.7. The summed E-state index contributed by atoms with van der Waals surface area (Å²) in [4.78, 5) is 0. The minimum Gasteiger partial charge on any atom is -0.124 e. The van der Waals surface area contributed by atoms with Crippen molar-refractivity contribution in [2.45, 2.75) is 9.49 Å². The van der Waals surface area contributed by atoms with Gasteiger partial charge in [0.15, 0.2) is 0 Å². The van der Waals surface area contributed by atoms with Gasteiger partial charge in [-0.15, -0.1) is 11.8 Å². The molecular formula is C60S. The Morgan fingerprint density at radius 3 is 0.295 bits per heavy atom. The second kappa shape index (κ2) is 4.38. The molecule has 1 fully saturated rings. The first-order chi connectivity index (χ1) is 30.4. The Morgan fingerprint density at radius 2 is 0.197 bits per heavy atom. The molecule has 0 nitrogen and oxygen atoms in total. The lowest BCUT2D eigenvalue weighted by molar-refractivity contribution is 0.731. The molecule has 0 N–H and O–H groups in total. The van der Waals surface area contributed by atoms with Gasteiger partial charge < -0.3 is 0 Å². The molecule has 61 heavy (non-hydrogen) atoms. The SMILES string of the molecule is S1C23c4c5c6c7c8c9c(c%10c%11c2c2c4c4c%12c5c5c6c6c8c8c%13c9c9c%10c%10c%11c%11c2c2c4c4c%12c%12c5c5c6c8c6c8c%13c9c9c%10c%10c%11c2c2c4c4c%12c5c6c5c8c9c%10c2c45)C173. The third-order valence-electron chi connectivity index (χ3n) is 23.4. The maximum absolute atomic E-state index is 2.46. The second-order valence-corrected chi connectivity index (χ2v) is 24.6. The molecule has 246 valence electrons. The topological polar surface area (TPSA) is 0 Å². The van der Waals surface area contributed by atoms with E-state index in [2.05, 4.69) is 11.8 Å². The second-order valence-electron chi connectivity index (χ2n) is 23.2. The van der Waals surface area contributed by atoms with Gasteiger partial charge in [0.05, 0.1) is 9.49 Å². The van der Waals surface area contributed by atoms with E-state index in [4.69, 9.17) is 0 Å². The van der Waals surface area contributed by atoms with E-state index in [9.17, 15) is 0 Å². The zero-order chi connectivity index (χ0) is 35.2. The van der Waals surface area contributed by atoms with E-state index in [-0.39, 0.29) is 9.49 Å². The van der Waals surface area contributed by atoms with E-state index in [1.807, 2.05) is 0 Å². The number of hydrogen-bond donors (Lipinski definition) is 0. The summed E-state index contributed by atoms with van der Waals surface area (Å²) in [5, 5.41) is 91.4. The number of rotatable bonds is 0. The van der Waals surface area contributed by atoms with Crippen LogP contribution < -0.4 is 0 Å². The van der Waals surface area contributed by atoms with Crippen LogP contribution in [-0.2, 0) is 9.49 Å². The van der Waals surface area contributed by atoms with Gasteiger partial charge in [0.1, 0.15) is 0 Å². The standard InChI is InChI=1S/C60S/c61-59-55-47-39-29-19-11-3-1-2-5-9-7(3)15-23-17(9)27-21-13(5)14-6(2)10-8-4(1)12(11)20-26-16(8)24-18(10)28-22(14)32-31(21)41-35(27)45-37(23)43(33(39)25(15)19)51(55)53(45)57-49(41)50-42(32)36(28)46-38(24)44-34(26)40(30(20)29)48(47)56(59)52(44)54(46)58(50)60(57,59)61. The quantitative estimate of drug-likeness (QED) is 0.110. The Bertz CT molecular complexity index is 6300. The highest BCUT2D eigenvalue weighted by Crippen LogP contribution is 2.95. The Morgan fingerprint density at radius 1 is 0.115 bits per heavy atom. The molecule has 0 amide bonds. The van der Waals surface area contributed by atoms with Crippen LogP contribution in [-0.4, -0.2) is 0 Å². The smallest absolute Gasteiger partial charge is 0.0925 e. The Hall–Kier alpha value is -7.19. The molecule has 4 aliphatic carbocycles. The largest absolute Gasteiger partial charge is 0.124 e. The van der Waals surface area contributed by atoms with Crippen molar-refractivity contribution in [2.75, 3.05) is 0 Å². The number of hydrogen-bond acceptors (Lipinski definition) is 1. The lowest BCUT2D eigenvalue weighted by Crippen LogP contribution is -2.27. The fraction of sp³-hybridized carbons (Fsp3) is 0.0333. The summed E-state index contributed by atoms with van der Waals surface area (Å²) in [6.07, 6.45) is 0. The molecule has 0 unspecified atom stereocenters. The van der Waals surface area contributed by atoms with Gasteiger partial charge in [-0.25, -0.2) is 0 Å². The van der Waals surface area contributed by atoms with Gasteiger partial charge in [-0.2, -0.15) is 0 Å². The minimum atomic E-state index is -0.0294. The van der Waals surface area contributed by atoms with Crippen molar-refractivity contribution in [3.63, 3.8) is 0 Å². The number of benzene rings is 18. The molecule has 1 heteroatoms. The molecule has 1 aliphatic heterocycles. The van der Waals surface area contributed by atoms with Crippen LogP contribution in [0.1, 0.15) is 22.3 Å². The zero-order valence-electron chi connectivity index (χ0n) is 30.4. The van der Waals surface area contributed by atoms with E-state index in [1.54, 1.807) is 313 Å². The van der Waals surface area contributed by atoms with Crippen molar-refractivity contribution in [1.29, 1.82) is 0 Å². The fourth-order valence-corrected chi connectivity index (χ4v) is 25.6. The monoisotopic (exact) mass is 752 g/mol. The summed E-state index contributed by atoms with van der Waals surface area (Å²) in [7, 11) is 0. The summed E-state index contributed by atoms with van der Waals surface area (Å²) in [6.45, 7) is 0. The van der Waals surface area contributed by atoms with Crippen LogP contribution in [0.2, 0.25) is 0 Å². The van der Waals surface area contributed by atoms with Crippen molar-refractivity contribution in [3.8, 4) is 0 Å². The first kappa shape index (κ1) is 20.9. The van der Waals surface area contributed by atoms with E-state index in [0.29, 0.717) is 0 Å². The summed E-state index contributed by atoms with van der Waals surface area (Å²) < 4.78 is -0.0588. The molecule has 1 heterocycles. The predicted molar refractivity (Wildman–Crippen MR) is 261 cm³/mol. The van der Waals surface area contributed by atoms with Crippen molar-refractivity contribution in [1.82, 2.24) is 0 Å². The third-order valence-corrected chi connectivity index (χ3v) is 25.3. The van der Waals surface area contributed by atoms with Gasteiger partial charge in [0.2, 0.25) is 0 Å². The van der Waals surface area contributed by atoms with Gasteiger partial charge >= 0.3 is 0 Å². The summed E-state index contributed by atoms with van der Waals surface area (Å²) in [6, 6.07) is 0. The van der Waals surface area contributed by atoms with Crippen molar-refractivity contribution < 1.29 is 0 Å². The number of thioether (sulfide) groups is 1. The average Bonchev–Trinajstić information content (AvgIpc) is 4.11. The molecule has 28 aromatic rings.